The Morgan fingerprint density at radius 1 is 1.43 bits per heavy atom. The van der Waals surface area contributed by atoms with Crippen LogP contribution in [-0.2, 0) is 18.5 Å². The molecule has 0 bridgehead atoms. The van der Waals surface area contributed by atoms with Gasteiger partial charge in [-0.25, -0.2) is 5.90 Å². The third-order valence-electron chi connectivity index (χ3n) is 2.52. The van der Waals surface area contributed by atoms with Crippen LogP contribution in [0.2, 0.25) is 0 Å². The maximum Gasteiger partial charge on any atom is 0.0950 e. The lowest BCUT2D eigenvalue weighted by molar-refractivity contribution is 0.125. The number of nitrogens with zero attached hydrogens (tertiary/aromatic N) is 1. The van der Waals surface area contributed by atoms with Crippen molar-refractivity contribution in [3.63, 3.8) is 0 Å². The summed E-state index contributed by atoms with van der Waals surface area (Å²) in [6, 6.07) is 6.25. The van der Waals surface area contributed by atoms with Crippen LogP contribution in [0.1, 0.15) is 11.1 Å². The first-order valence-electron chi connectivity index (χ1n) is 4.59. The van der Waals surface area contributed by atoms with Crippen molar-refractivity contribution in [2.75, 3.05) is 0 Å². The van der Waals surface area contributed by atoms with Crippen molar-refractivity contribution in [2.45, 2.75) is 13.5 Å². The number of hydrogen-bond acceptors (Lipinski definition) is 2. The molecule has 1 aromatic heterocycles. The van der Waals surface area contributed by atoms with Crippen LogP contribution < -0.4 is 5.90 Å². The van der Waals surface area contributed by atoms with Crippen molar-refractivity contribution in [3.05, 3.63) is 35.5 Å². The summed E-state index contributed by atoms with van der Waals surface area (Å²) in [5.74, 6) is 5.09. The highest BCUT2D eigenvalue weighted by atomic mass is 16.6. The molecule has 3 nitrogen and oxygen atoms in total. The van der Waals surface area contributed by atoms with E-state index in [9.17, 15) is 0 Å². The molecule has 0 atom stereocenters. The zero-order valence-corrected chi connectivity index (χ0v) is 8.45. The van der Waals surface area contributed by atoms with Gasteiger partial charge in [0.25, 0.3) is 0 Å². The van der Waals surface area contributed by atoms with Crippen LogP contribution in [0.15, 0.2) is 24.4 Å². The van der Waals surface area contributed by atoms with Gasteiger partial charge in [-0.1, -0.05) is 18.2 Å². The Balaban J connectivity index is 2.71. The second-order valence-electron chi connectivity index (χ2n) is 3.55. The first kappa shape index (κ1) is 9.24. The number of rotatable bonds is 2. The maximum absolute atomic E-state index is 5.09. The van der Waals surface area contributed by atoms with Crippen molar-refractivity contribution >= 4 is 10.9 Å². The van der Waals surface area contributed by atoms with Crippen molar-refractivity contribution in [1.29, 1.82) is 0 Å². The summed E-state index contributed by atoms with van der Waals surface area (Å²) in [4.78, 5) is 4.68. The number of nitrogens with two attached hydrogens (primary N) is 1. The molecule has 74 valence electrons. The molecule has 2 N–H and O–H groups in total. The average molecular weight is 190 g/mol. The van der Waals surface area contributed by atoms with Gasteiger partial charge in [0.05, 0.1) is 12.1 Å². The number of hydrogen-bond donors (Lipinski definition) is 1. The predicted molar refractivity (Wildman–Crippen MR) is 56.6 cm³/mol. The molecular formula is C11H14N2O. The Hall–Kier alpha value is -1.32. The molecule has 0 aliphatic carbocycles. The molecule has 2 aromatic rings. The first-order chi connectivity index (χ1) is 6.74. The molecule has 0 amide bonds. The largest absolute Gasteiger partial charge is 0.350 e. The van der Waals surface area contributed by atoms with Gasteiger partial charge in [-0.3, -0.25) is 4.84 Å². The van der Waals surface area contributed by atoms with Crippen LogP contribution in [0, 0.1) is 6.92 Å². The quantitative estimate of drug-likeness (QED) is 0.734. The minimum Gasteiger partial charge on any atom is -0.350 e. The molecule has 0 unspecified atom stereocenters. The molecule has 0 saturated carbocycles. The summed E-state index contributed by atoms with van der Waals surface area (Å²) in [6.45, 7) is 2.57. The highest BCUT2D eigenvalue weighted by Crippen LogP contribution is 2.23. The fraction of sp³-hybridized carbons (Fsp3) is 0.273. The second-order valence-corrected chi connectivity index (χ2v) is 3.55. The van der Waals surface area contributed by atoms with Gasteiger partial charge in [-0.05, 0) is 12.5 Å². The molecule has 1 heterocycles. The molecule has 0 spiro atoms. The van der Waals surface area contributed by atoms with E-state index in [-0.39, 0.29) is 0 Å². The van der Waals surface area contributed by atoms with Crippen molar-refractivity contribution in [3.8, 4) is 0 Å². The fourth-order valence-corrected chi connectivity index (χ4v) is 1.96. The Morgan fingerprint density at radius 2 is 2.21 bits per heavy atom. The molecule has 2 rings (SSSR count). The first-order valence-corrected chi connectivity index (χ1v) is 4.59. The van der Waals surface area contributed by atoms with E-state index >= 15 is 0 Å². The maximum atomic E-state index is 5.09. The number of aromatic nitrogens is 1. The molecule has 1 aromatic carbocycles. The van der Waals surface area contributed by atoms with Crippen molar-refractivity contribution < 1.29 is 4.84 Å². The highest BCUT2D eigenvalue weighted by molar-refractivity contribution is 5.86. The third-order valence-corrected chi connectivity index (χ3v) is 2.52. The summed E-state index contributed by atoms with van der Waals surface area (Å²) in [5.41, 5.74) is 3.65. The standard InChI is InChI=1S/C11H14N2O/c1-8-4-3-5-10-9(7-14-12)6-13(2)11(8)10/h3-6H,7,12H2,1-2H3. The van der Waals surface area contributed by atoms with E-state index < -0.39 is 0 Å². The number of fused-ring (bicyclic) bond motifs is 1. The zero-order valence-electron chi connectivity index (χ0n) is 8.45. The summed E-state index contributed by atoms with van der Waals surface area (Å²) in [7, 11) is 2.04. The van der Waals surface area contributed by atoms with E-state index in [0.717, 1.165) is 5.56 Å². The van der Waals surface area contributed by atoms with Gasteiger partial charge < -0.3 is 4.57 Å². The zero-order chi connectivity index (χ0) is 10.1. The monoisotopic (exact) mass is 190 g/mol. The summed E-state index contributed by atoms with van der Waals surface area (Å²) < 4.78 is 2.11. The van der Waals surface area contributed by atoms with E-state index in [1.165, 1.54) is 16.5 Å². The molecule has 0 aliphatic rings. The summed E-state index contributed by atoms with van der Waals surface area (Å²) in [6.07, 6.45) is 2.06. The molecule has 0 aliphatic heterocycles. The summed E-state index contributed by atoms with van der Waals surface area (Å²) >= 11 is 0. The lowest BCUT2D eigenvalue weighted by Gasteiger charge is -2.00. The second kappa shape index (κ2) is 3.44. The van der Waals surface area contributed by atoms with Crippen LogP contribution in [0.4, 0.5) is 0 Å². The fourth-order valence-electron chi connectivity index (χ4n) is 1.96. The van der Waals surface area contributed by atoms with E-state index in [1.807, 2.05) is 7.05 Å². The minimum absolute atomic E-state index is 0.459. The molecule has 3 heteroatoms. The SMILES string of the molecule is Cc1cccc2c(CON)cn(C)c12. The van der Waals surface area contributed by atoms with Gasteiger partial charge in [0.15, 0.2) is 0 Å². The normalized spacial score (nSPS) is 11.1. The molecular weight excluding hydrogens is 176 g/mol. The van der Waals surface area contributed by atoms with E-state index in [1.54, 1.807) is 0 Å². The van der Waals surface area contributed by atoms with Gasteiger partial charge in [0, 0.05) is 24.2 Å². The van der Waals surface area contributed by atoms with Gasteiger partial charge in [-0.2, -0.15) is 0 Å². The van der Waals surface area contributed by atoms with Crippen molar-refractivity contribution in [2.24, 2.45) is 12.9 Å². The Kier molecular flexibility index (Phi) is 2.27. The van der Waals surface area contributed by atoms with Crippen LogP contribution >= 0.6 is 0 Å². The summed E-state index contributed by atoms with van der Waals surface area (Å²) in [5, 5.41) is 1.22. The van der Waals surface area contributed by atoms with Crippen LogP contribution in [0.3, 0.4) is 0 Å². The molecule has 0 fully saturated rings. The average Bonchev–Trinajstić information content (AvgIpc) is 2.46. The Bertz CT molecular complexity index is 460. The van der Waals surface area contributed by atoms with Gasteiger partial charge >= 0.3 is 0 Å². The van der Waals surface area contributed by atoms with Gasteiger partial charge in [0.1, 0.15) is 0 Å². The third kappa shape index (κ3) is 1.31. The van der Waals surface area contributed by atoms with Crippen LogP contribution in [0.25, 0.3) is 10.9 Å². The Labute approximate surface area is 83.0 Å². The van der Waals surface area contributed by atoms with Crippen LogP contribution in [0.5, 0.6) is 0 Å². The topological polar surface area (TPSA) is 40.2 Å². The molecule has 0 radical (unpaired) electrons. The lowest BCUT2D eigenvalue weighted by atomic mass is 10.1. The lowest BCUT2D eigenvalue weighted by Crippen LogP contribution is -1.97. The van der Waals surface area contributed by atoms with E-state index in [0.29, 0.717) is 6.61 Å². The smallest absolute Gasteiger partial charge is 0.0950 e. The van der Waals surface area contributed by atoms with Crippen molar-refractivity contribution in [1.82, 2.24) is 4.57 Å². The number of para-hydroxylation sites is 1. The highest BCUT2D eigenvalue weighted by Gasteiger charge is 2.07. The molecule has 0 saturated heterocycles. The molecule has 14 heavy (non-hydrogen) atoms. The van der Waals surface area contributed by atoms with Gasteiger partial charge in [0.2, 0.25) is 0 Å². The van der Waals surface area contributed by atoms with E-state index in [2.05, 4.69) is 40.7 Å². The van der Waals surface area contributed by atoms with E-state index in [4.69, 9.17) is 5.90 Å². The Morgan fingerprint density at radius 3 is 2.93 bits per heavy atom. The minimum atomic E-state index is 0.459. The predicted octanol–water partition coefficient (Wildman–Crippen LogP) is 1.88. The van der Waals surface area contributed by atoms with Crippen LogP contribution in [-0.4, -0.2) is 4.57 Å². The number of benzene rings is 1. The number of aryl methyl sites for hydroxylation is 2. The van der Waals surface area contributed by atoms with Gasteiger partial charge in [-0.15, -0.1) is 0 Å².